The zero-order chi connectivity index (χ0) is 30.2. The van der Waals surface area contributed by atoms with E-state index in [0.29, 0.717) is 24.7 Å². The number of morpholine rings is 1. The molecule has 2 fully saturated rings. The number of amides is 3. The third-order valence-corrected chi connectivity index (χ3v) is 7.27. The van der Waals surface area contributed by atoms with Crippen LogP contribution >= 0.6 is 0 Å². The zero-order valence-electron chi connectivity index (χ0n) is 22.6. The topological polar surface area (TPSA) is 195 Å². The maximum absolute atomic E-state index is 14.9. The third kappa shape index (κ3) is 5.08. The van der Waals surface area contributed by atoms with E-state index in [4.69, 9.17) is 15.2 Å². The Morgan fingerprint density at radius 1 is 1.05 bits per heavy atom. The number of ether oxygens (including phenoxy) is 2. The lowest BCUT2D eigenvalue weighted by atomic mass is 9.84. The maximum atomic E-state index is 14.9. The summed E-state index contributed by atoms with van der Waals surface area (Å²) in [5.74, 6) is -12.6. The van der Waals surface area contributed by atoms with E-state index in [1.165, 1.54) is 29.6 Å². The molecule has 2 aromatic rings. The maximum Gasteiger partial charge on any atom is 0.305 e. The number of nitrogens with two attached hydrogens (primary N) is 1. The molecule has 14 heteroatoms. The largest absolute Gasteiger partial charge is 0.488 e. The number of benzene rings is 2. The first-order chi connectivity index (χ1) is 19.4. The lowest BCUT2D eigenvalue weighted by Gasteiger charge is -2.51. The minimum absolute atomic E-state index is 0.0272. The standard InChI is InChI=1S/C25H27FN4O9.C2H6/c26-18-10-14(11-29-6-8-38-9-7-29)4-5-15(18)13-39-19-3-1-2-16-17(19)12-30(20(16)31)23(27)21(32)28-22(33)24(34,35)25(23,36)37;1-2/h1-5,10,34-37H,6-9,11-13,27H2,(H,28,32,33);1-2H3. The second kappa shape index (κ2) is 11.4. The number of aliphatic hydroxyl groups is 4. The van der Waals surface area contributed by atoms with Crippen molar-refractivity contribution >= 4 is 17.7 Å². The summed E-state index contributed by atoms with van der Waals surface area (Å²) < 4.78 is 26.0. The average Bonchev–Trinajstić information content (AvgIpc) is 3.30. The monoisotopic (exact) mass is 576 g/mol. The van der Waals surface area contributed by atoms with Gasteiger partial charge in [-0.3, -0.25) is 30.3 Å². The first kappa shape index (κ1) is 30.5. The van der Waals surface area contributed by atoms with Gasteiger partial charge in [0.1, 0.15) is 18.2 Å². The van der Waals surface area contributed by atoms with Gasteiger partial charge in [-0.2, -0.15) is 0 Å². The summed E-state index contributed by atoms with van der Waals surface area (Å²) in [6.07, 6.45) is 0. The number of fused-ring (bicyclic) bond motifs is 1. The quantitative estimate of drug-likeness (QED) is 0.180. The lowest BCUT2D eigenvalue weighted by Crippen LogP contribution is -2.88. The molecule has 41 heavy (non-hydrogen) atoms. The fourth-order valence-electron chi connectivity index (χ4n) is 4.88. The molecular formula is C27H33FN4O9. The summed E-state index contributed by atoms with van der Waals surface area (Å²) in [6.45, 7) is 6.61. The van der Waals surface area contributed by atoms with E-state index in [1.54, 1.807) is 12.1 Å². The number of nitrogens with zero attached hydrogens (tertiary/aromatic N) is 2. The highest BCUT2D eigenvalue weighted by molar-refractivity contribution is 6.10. The van der Waals surface area contributed by atoms with Crippen molar-refractivity contribution in [2.75, 3.05) is 26.3 Å². The van der Waals surface area contributed by atoms with Gasteiger partial charge in [-0.1, -0.05) is 32.0 Å². The van der Waals surface area contributed by atoms with Crippen LogP contribution in [-0.4, -0.2) is 91.5 Å². The Morgan fingerprint density at radius 2 is 1.73 bits per heavy atom. The SMILES string of the molecule is CC.NC1(N2Cc3c(OCc4ccc(CN5CCOCC5)cc4F)cccc3C2=O)C(=O)NC(=O)C(O)(O)C1(O)O. The highest BCUT2D eigenvalue weighted by Crippen LogP contribution is 2.41. The molecule has 13 nitrogen and oxygen atoms in total. The number of halogens is 1. The summed E-state index contributed by atoms with van der Waals surface area (Å²) in [4.78, 5) is 40.2. The van der Waals surface area contributed by atoms with Crippen LogP contribution in [0.1, 0.15) is 40.9 Å². The lowest BCUT2D eigenvalue weighted by molar-refractivity contribution is -0.374. The van der Waals surface area contributed by atoms with Crippen LogP contribution in [0.2, 0.25) is 0 Å². The molecular weight excluding hydrogens is 543 g/mol. The fraction of sp³-hybridized carbons (Fsp3) is 0.444. The Morgan fingerprint density at radius 3 is 2.39 bits per heavy atom. The summed E-state index contributed by atoms with van der Waals surface area (Å²) in [7, 11) is 0. The zero-order valence-corrected chi connectivity index (χ0v) is 22.6. The van der Waals surface area contributed by atoms with Crippen LogP contribution in [0.4, 0.5) is 4.39 Å². The third-order valence-electron chi connectivity index (χ3n) is 7.27. The number of piperidine rings is 1. The number of hydrogen-bond donors (Lipinski definition) is 6. The predicted octanol–water partition coefficient (Wildman–Crippen LogP) is -1.11. The van der Waals surface area contributed by atoms with Crippen molar-refractivity contribution in [2.45, 2.75) is 50.8 Å². The highest BCUT2D eigenvalue weighted by atomic mass is 19.1. The van der Waals surface area contributed by atoms with Crippen molar-refractivity contribution in [3.8, 4) is 5.75 Å². The Kier molecular flexibility index (Phi) is 8.47. The van der Waals surface area contributed by atoms with Crippen LogP contribution in [0.25, 0.3) is 0 Å². The fourth-order valence-corrected chi connectivity index (χ4v) is 4.88. The summed E-state index contributed by atoms with van der Waals surface area (Å²) >= 11 is 0. The molecule has 5 rings (SSSR count). The Hall–Kier alpha value is -3.50. The van der Waals surface area contributed by atoms with Crippen molar-refractivity contribution in [3.63, 3.8) is 0 Å². The van der Waals surface area contributed by atoms with E-state index in [0.717, 1.165) is 18.7 Å². The second-order valence-corrected chi connectivity index (χ2v) is 9.67. The molecule has 0 saturated carbocycles. The minimum Gasteiger partial charge on any atom is -0.488 e. The van der Waals surface area contributed by atoms with E-state index in [9.17, 15) is 39.2 Å². The molecule has 7 N–H and O–H groups in total. The van der Waals surface area contributed by atoms with E-state index in [-0.39, 0.29) is 29.0 Å². The smallest absolute Gasteiger partial charge is 0.305 e. The molecule has 0 bridgehead atoms. The normalized spacial score (nSPS) is 23.4. The van der Waals surface area contributed by atoms with Crippen molar-refractivity contribution in [2.24, 2.45) is 5.73 Å². The van der Waals surface area contributed by atoms with Crippen LogP contribution in [0.3, 0.4) is 0 Å². The Bertz CT molecular complexity index is 1350. The van der Waals surface area contributed by atoms with Crippen molar-refractivity contribution in [1.29, 1.82) is 0 Å². The first-order valence-electron chi connectivity index (χ1n) is 13.1. The number of nitrogens with one attached hydrogen (secondary N) is 1. The van der Waals surface area contributed by atoms with Gasteiger partial charge in [0.25, 0.3) is 23.5 Å². The summed E-state index contributed by atoms with van der Waals surface area (Å²) in [5, 5.41) is 42.5. The first-order valence-corrected chi connectivity index (χ1v) is 13.1. The Balaban J connectivity index is 0.00000189. The van der Waals surface area contributed by atoms with Crippen LogP contribution in [0, 0.1) is 5.82 Å². The predicted molar refractivity (Wildman–Crippen MR) is 139 cm³/mol. The molecule has 0 aliphatic carbocycles. The second-order valence-electron chi connectivity index (χ2n) is 9.67. The molecule has 3 aliphatic heterocycles. The van der Waals surface area contributed by atoms with E-state index >= 15 is 0 Å². The number of rotatable bonds is 6. The van der Waals surface area contributed by atoms with Gasteiger partial charge in [-0.15, -0.1) is 0 Å². The van der Waals surface area contributed by atoms with Crippen LogP contribution in [0.5, 0.6) is 5.75 Å². The van der Waals surface area contributed by atoms with Crippen molar-refractivity contribution < 1.29 is 48.7 Å². The number of hydrogen-bond acceptors (Lipinski definition) is 11. The summed E-state index contributed by atoms with van der Waals surface area (Å²) in [6, 6.07) is 9.12. The van der Waals surface area contributed by atoms with Gasteiger partial charge in [0.2, 0.25) is 5.66 Å². The Labute approximate surface area is 234 Å². The van der Waals surface area contributed by atoms with Gasteiger partial charge in [-0.25, -0.2) is 4.39 Å². The van der Waals surface area contributed by atoms with Gasteiger partial charge < -0.3 is 34.8 Å². The summed E-state index contributed by atoms with van der Waals surface area (Å²) in [5.41, 5.74) is 3.94. The van der Waals surface area contributed by atoms with Crippen molar-refractivity contribution in [1.82, 2.24) is 15.1 Å². The number of imide groups is 1. The van der Waals surface area contributed by atoms with Crippen LogP contribution in [0.15, 0.2) is 36.4 Å². The molecule has 1 unspecified atom stereocenters. The minimum atomic E-state index is -3.98. The number of carbonyl (C=O) groups excluding carboxylic acids is 3. The molecule has 1 atom stereocenters. The molecule has 2 saturated heterocycles. The molecule has 0 spiro atoms. The molecule has 222 valence electrons. The van der Waals surface area contributed by atoms with Gasteiger partial charge in [0.15, 0.2) is 0 Å². The van der Waals surface area contributed by atoms with Gasteiger partial charge >= 0.3 is 5.79 Å². The van der Waals surface area contributed by atoms with Crippen LogP contribution < -0.4 is 15.8 Å². The molecule has 0 radical (unpaired) electrons. The molecule has 3 amide bonds. The highest BCUT2D eigenvalue weighted by Gasteiger charge is 2.75. The van der Waals surface area contributed by atoms with Gasteiger partial charge in [0, 0.05) is 36.3 Å². The van der Waals surface area contributed by atoms with E-state index < -0.39 is 47.3 Å². The van der Waals surface area contributed by atoms with E-state index in [2.05, 4.69) is 4.90 Å². The van der Waals surface area contributed by atoms with Gasteiger partial charge in [-0.05, 0) is 23.8 Å². The number of carbonyl (C=O) groups is 3. The molecule has 2 aromatic carbocycles. The molecule has 3 heterocycles. The van der Waals surface area contributed by atoms with Crippen LogP contribution in [-0.2, 0) is 34.0 Å². The van der Waals surface area contributed by atoms with Gasteiger partial charge in [0.05, 0.1) is 19.8 Å². The average molecular weight is 577 g/mol. The molecule has 0 aromatic heterocycles. The van der Waals surface area contributed by atoms with E-state index in [1.807, 2.05) is 13.8 Å². The molecule has 3 aliphatic rings. The van der Waals surface area contributed by atoms with Crippen molar-refractivity contribution in [3.05, 3.63) is 64.5 Å².